The smallest absolute Gasteiger partial charge is 0.134 e. The number of hydrogen-bond donors (Lipinski definition) is 2. The first-order valence-electron chi connectivity index (χ1n) is 8.04. The van der Waals surface area contributed by atoms with Gasteiger partial charge < -0.3 is 15.4 Å². The third-order valence-electron chi connectivity index (χ3n) is 4.33. The Morgan fingerprint density at radius 1 is 1.14 bits per heavy atom. The van der Waals surface area contributed by atoms with Gasteiger partial charge in [0, 0.05) is 32.2 Å². The summed E-state index contributed by atoms with van der Waals surface area (Å²) in [5.41, 5.74) is 1.09. The highest BCUT2D eigenvalue weighted by atomic mass is 16.5. The second kappa shape index (κ2) is 7.07. The van der Waals surface area contributed by atoms with Crippen LogP contribution in [0, 0.1) is 6.92 Å². The van der Waals surface area contributed by atoms with Crippen LogP contribution in [0.15, 0.2) is 0 Å². The van der Waals surface area contributed by atoms with Crippen molar-refractivity contribution in [3.63, 3.8) is 0 Å². The molecule has 1 saturated carbocycles. The molecule has 118 valence electrons. The zero-order valence-electron chi connectivity index (χ0n) is 13.8. The lowest BCUT2D eigenvalue weighted by Crippen LogP contribution is -2.45. The van der Waals surface area contributed by atoms with Gasteiger partial charge in [-0.3, -0.25) is 0 Å². The quantitative estimate of drug-likeness (QED) is 0.771. The topological polar surface area (TPSA) is 59.1 Å². The number of hydrogen-bond acceptors (Lipinski definition) is 5. The number of rotatable bonds is 8. The van der Waals surface area contributed by atoms with Gasteiger partial charge >= 0.3 is 0 Å². The number of anilines is 2. The standard InChI is InChI=1S/C16H28N4O/c1-5-10-17-14-12(3)15(20-13(6-2)19-14)18-11-16(21-4)8-7-9-16/h5-11H2,1-4H3,(H2,17,18,19,20). The molecular formula is C16H28N4O. The highest BCUT2D eigenvalue weighted by Gasteiger charge is 2.36. The molecule has 5 heteroatoms. The summed E-state index contributed by atoms with van der Waals surface area (Å²) in [5, 5.41) is 6.88. The molecule has 1 aliphatic carbocycles. The van der Waals surface area contributed by atoms with Crippen molar-refractivity contribution >= 4 is 11.6 Å². The number of nitrogens with zero attached hydrogens (tertiary/aromatic N) is 2. The molecule has 0 amide bonds. The van der Waals surface area contributed by atoms with Gasteiger partial charge in [-0.25, -0.2) is 9.97 Å². The van der Waals surface area contributed by atoms with Crippen LogP contribution in [0.1, 0.15) is 50.9 Å². The zero-order valence-corrected chi connectivity index (χ0v) is 13.8. The van der Waals surface area contributed by atoms with Crippen molar-refractivity contribution in [2.24, 2.45) is 0 Å². The van der Waals surface area contributed by atoms with Crippen LogP contribution in [-0.2, 0) is 11.2 Å². The molecule has 0 radical (unpaired) electrons. The maximum atomic E-state index is 5.67. The van der Waals surface area contributed by atoms with E-state index in [-0.39, 0.29) is 5.60 Å². The Morgan fingerprint density at radius 3 is 2.29 bits per heavy atom. The fourth-order valence-corrected chi connectivity index (χ4v) is 2.58. The molecule has 0 spiro atoms. The minimum atomic E-state index is 0.000772. The summed E-state index contributed by atoms with van der Waals surface area (Å²) in [7, 11) is 1.80. The predicted octanol–water partition coefficient (Wildman–Crippen LogP) is 3.15. The average molecular weight is 292 g/mol. The lowest BCUT2D eigenvalue weighted by atomic mass is 9.80. The summed E-state index contributed by atoms with van der Waals surface area (Å²) in [6, 6.07) is 0. The molecule has 0 unspecified atom stereocenters. The van der Waals surface area contributed by atoms with E-state index in [2.05, 4.69) is 41.4 Å². The van der Waals surface area contributed by atoms with E-state index in [1.807, 2.05) is 0 Å². The second-order valence-corrected chi connectivity index (χ2v) is 5.84. The minimum absolute atomic E-state index is 0.000772. The van der Waals surface area contributed by atoms with Crippen molar-refractivity contribution in [2.75, 3.05) is 30.8 Å². The minimum Gasteiger partial charge on any atom is -0.376 e. The van der Waals surface area contributed by atoms with E-state index in [1.54, 1.807) is 7.11 Å². The fourth-order valence-electron chi connectivity index (χ4n) is 2.58. The van der Waals surface area contributed by atoms with Gasteiger partial charge in [0.05, 0.1) is 5.60 Å². The molecule has 1 fully saturated rings. The largest absolute Gasteiger partial charge is 0.376 e. The average Bonchev–Trinajstić information content (AvgIpc) is 2.46. The summed E-state index contributed by atoms with van der Waals surface area (Å²) >= 11 is 0. The lowest BCUT2D eigenvalue weighted by Gasteiger charge is -2.40. The maximum absolute atomic E-state index is 5.67. The van der Waals surface area contributed by atoms with E-state index >= 15 is 0 Å². The molecule has 5 nitrogen and oxygen atoms in total. The molecule has 0 bridgehead atoms. The molecule has 1 aromatic heterocycles. The molecule has 0 aliphatic heterocycles. The monoisotopic (exact) mass is 292 g/mol. The molecule has 2 rings (SSSR count). The van der Waals surface area contributed by atoms with Crippen molar-refractivity contribution in [1.82, 2.24) is 9.97 Å². The van der Waals surface area contributed by atoms with E-state index in [1.165, 1.54) is 6.42 Å². The van der Waals surface area contributed by atoms with Gasteiger partial charge in [-0.05, 0) is 32.6 Å². The highest BCUT2D eigenvalue weighted by molar-refractivity contribution is 5.57. The molecule has 1 heterocycles. The molecule has 2 N–H and O–H groups in total. The Morgan fingerprint density at radius 2 is 1.81 bits per heavy atom. The second-order valence-electron chi connectivity index (χ2n) is 5.84. The Kier molecular flexibility index (Phi) is 5.39. The SMILES string of the molecule is CCCNc1nc(CC)nc(NCC2(OC)CCC2)c1C. The maximum Gasteiger partial charge on any atom is 0.134 e. The van der Waals surface area contributed by atoms with Gasteiger partial charge in [-0.2, -0.15) is 0 Å². The van der Waals surface area contributed by atoms with Crippen LogP contribution >= 0.6 is 0 Å². The van der Waals surface area contributed by atoms with Gasteiger partial charge in [0.1, 0.15) is 17.5 Å². The first kappa shape index (κ1) is 16.0. The van der Waals surface area contributed by atoms with Crippen LogP contribution in [0.25, 0.3) is 0 Å². The summed E-state index contributed by atoms with van der Waals surface area (Å²) < 4.78 is 5.67. The van der Waals surface area contributed by atoms with E-state index in [0.29, 0.717) is 0 Å². The molecule has 1 aromatic rings. The van der Waals surface area contributed by atoms with E-state index in [9.17, 15) is 0 Å². The summed E-state index contributed by atoms with van der Waals surface area (Å²) in [4.78, 5) is 9.23. The third kappa shape index (κ3) is 3.64. The number of aryl methyl sites for hydroxylation is 1. The Bertz CT molecular complexity index is 466. The van der Waals surface area contributed by atoms with Crippen molar-refractivity contribution in [1.29, 1.82) is 0 Å². The Labute approximate surface area is 127 Å². The molecular weight excluding hydrogens is 264 g/mol. The summed E-state index contributed by atoms with van der Waals surface area (Å²) in [5.74, 6) is 2.76. The van der Waals surface area contributed by atoms with Crippen LogP contribution in [0.3, 0.4) is 0 Å². The van der Waals surface area contributed by atoms with Crippen LogP contribution < -0.4 is 10.6 Å². The summed E-state index contributed by atoms with van der Waals surface area (Å²) in [6.45, 7) is 8.06. The molecule has 21 heavy (non-hydrogen) atoms. The van der Waals surface area contributed by atoms with Gasteiger partial charge in [-0.1, -0.05) is 13.8 Å². The first-order valence-corrected chi connectivity index (χ1v) is 8.04. The number of aromatic nitrogens is 2. The number of ether oxygens (including phenoxy) is 1. The van der Waals surface area contributed by atoms with Gasteiger partial charge in [0.15, 0.2) is 0 Å². The van der Waals surface area contributed by atoms with E-state index in [0.717, 1.165) is 61.8 Å². The first-order chi connectivity index (χ1) is 10.1. The van der Waals surface area contributed by atoms with Gasteiger partial charge in [0.25, 0.3) is 0 Å². The third-order valence-corrected chi connectivity index (χ3v) is 4.33. The zero-order chi connectivity index (χ0) is 15.3. The van der Waals surface area contributed by atoms with E-state index in [4.69, 9.17) is 4.74 Å². The molecule has 0 saturated heterocycles. The van der Waals surface area contributed by atoms with E-state index < -0.39 is 0 Å². The van der Waals surface area contributed by atoms with Gasteiger partial charge in [-0.15, -0.1) is 0 Å². The Hall–Kier alpha value is -1.36. The van der Waals surface area contributed by atoms with Crippen molar-refractivity contribution < 1.29 is 4.74 Å². The Balaban J connectivity index is 2.13. The lowest BCUT2D eigenvalue weighted by molar-refractivity contribution is -0.0601. The van der Waals surface area contributed by atoms with Crippen molar-refractivity contribution in [3.8, 4) is 0 Å². The highest BCUT2D eigenvalue weighted by Crippen LogP contribution is 2.35. The predicted molar refractivity (Wildman–Crippen MR) is 87.0 cm³/mol. The normalized spacial score (nSPS) is 16.4. The van der Waals surface area contributed by atoms with Crippen molar-refractivity contribution in [3.05, 3.63) is 11.4 Å². The van der Waals surface area contributed by atoms with Crippen LogP contribution in [0.2, 0.25) is 0 Å². The van der Waals surface area contributed by atoms with Crippen molar-refractivity contribution in [2.45, 2.75) is 58.5 Å². The molecule has 0 aromatic carbocycles. The molecule has 1 aliphatic rings. The summed E-state index contributed by atoms with van der Waals surface area (Å²) in [6.07, 6.45) is 5.43. The van der Waals surface area contributed by atoms with Gasteiger partial charge in [0.2, 0.25) is 0 Å². The van der Waals surface area contributed by atoms with Crippen LogP contribution in [-0.4, -0.2) is 35.8 Å². The fraction of sp³-hybridized carbons (Fsp3) is 0.750. The number of nitrogens with one attached hydrogen (secondary N) is 2. The van der Waals surface area contributed by atoms with Crippen LogP contribution in [0.5, 0.6) is 0 Å². The number of methoxy groups -OCH3 is 1. The van der Waals surface area contributed by atoms with Crippen LogP contribution in [0.4, 0.5) is 11.6 Å². The molecule has 0 atom stereocenters.